The molecule has 3 heteroatoms. The summed E-state index contributed by atoms with van der Waals surface area (Å²) in [6.07, 6.45) is 2.76. The van der Waals surface area contributed by atoms with Crippen LogP contribution >= 0.6 is 0 Å². The summed E-state index contributed by atoms with van der Waals surface area (Å²) in [4.78, 5) is 0. The van der Waals surface area contributed by atoms with Gasteiger partial charge < -0.3 is 4.74 Å². The van der Waals surface area contributed by atoms with Gasteiger partial charge in [0.1, 0.15) is 5.75 Å². The Morgan fingerprint density at radius 1 is 1.21 bits per heavy atom. The molecule has 0 bridgehead atoms. The van der Waals surface area contributed by atoms with Crippen LogP contribution in [0.3, 0.4) is 0 Å². The molecule has 0 saturated carbocycles. The lowest BCUT2D eigenvalue weighted by molar-refractivity contribution is 0.325. The molecule has 70 valence electrons. The molecule has 0 amide bonds. The van der Waals surface area contributed by atoms with Gasteiger partial charge in [-0.1, -0.05) is 18.2 Å². The van der Waals surface area contributed by atoms with Crippen molar-refractivity contribution in [2.24, 2.45) is 0 Å². The van der Waals surface area contributed by atoms with Crippen molar-refractivity contribution < 1.29 is 4.74 Å². The van der Waals surface area contributed by atoms with Crippen LogP contribution in [0.1, 0.15) is 5.69 Å². The minimum atomic E-state index is 0.714. The average molecular weight is 186 g/mol. The number of benzene rings is 1. The molecular formula is C11H10N2O. The third kappa shape index (κ3) is 1.02. The number of H-pyrrole nitrogens is 1. The average Bonchev–Trinajstić information content (AvgIpc) is 2.61. The molecule has 14 heavy (non-hydrogen) atoms. The number of aromatic nitrogens is 2. The number of nitrogens with zero attached hydrogens (tertiary/aromatic N) is 1. The highest BCUT2D eigenvalue weighted by molar-refractivity contribution is 5.72. The number of ether oxygens (including phenoxy) is 1. The van der Waals surface area contributed by atoms with Crippen LogP contribution in [0.4, 0.5) is 0 Å². The number of para-hydroxylation sites is 1. The summed E-state index contributed by atoms with van der Waals surface area (Å²) in [5, 5.41) is 7.07. The second kappa shape index (κ2) is 2.87. The molecule has 0 fully saturated rings. The maximum atomic E-state index is 5.64. The monoisotopic (exact) mass is 186 g/mol. The van der Waals surface area contributed by atoms with Gasteiger partial charge in [0, 0.05) is 23.2 Å². The van der Waals surface area contributed by atoms with Crippen LogP contribution in [0.15, 0.2) is 30.5 Å². The Hall–Kier alpha value is -1.77. The van der Waals surface area contributed by atoms with Crippen LogP contribution < -0.4 is 4.74 Å². The zero-order valence-corrected chi connectivity index (χ0v) is 7.66. The summed E-state index contributed by atoms with van der Waals surface area (Å²) in [6, 6.07) is 8.07. The molecule has 2 aromatic rings. The molecule has 0 spiro atoms. The van der Waals surface area contributed by atoms with Gasteiger partial charge in [-0.3, -0.25) is 5.10 Å². The van der Waals surface area contributed by atoms with E-state index in [1.807, 2.05) is 24.4 Å². The van der Waals surface area contributed by atoms with Crippen molar-refractivity contribution in [2.75, 3.05) is 6.61 Å². The van der Waals surface area contributed by atoms with E-state index in [1.165, 1.54) is 0 Å². The summed E-state index contributed by atoms with van der Waals surface area (Å²) >= 11 is 0. The summed E-state index contributed by atoms with van der Waals surface area (Å²) in [6.45, 7) is 0.714. The maximum absolute atomic E-state index is 5.64. The van der Waals surface area contributed by atoms with Crippen molar-refractivity contribution in [3.05, 3.63) is 36.2 Å². The number of hydrogen-bond acceptors (Lipinski definition) is 2. The van der Waals surface area contributed by atoms with E-state index in [4.69, 9.17) is 4.74 Å². The van der Waals surface area contributed by atoms with E-state index in [0.29, 0.717) is 6.61 Å². The summed E-state index contributed by atoms with van der Waals surface area (Å²) in [7, 11) is 0. The number of nitrogens with one attached hydrogen (secondary N) is 1. The summed E-state index contributed by atoms with van der Waals surface area (Å²) in [5.41, 5.74) is 3.46. The Morgan fingerprint density at radius 2 is 2.14 bits per heavy atom. The topological polar surface area (TPSA) is 37.9 Å². The Kier molecular flexibility index (Phi) is 1.56. The zero-order chi connectivity index (χ0) is 9.38. The zero-order valence-electron chi connectivity index (χ0n) is 7.66. The Balaban J connectivity index is 2.27. The fraction of sp³-hybridized carbons (Fsp3) is 0.182. The first-order valence-corrected chi connectivity index (χ1v) is 4.69. The Labute approximate surface area is 81.7 Å². The molecule has 0 atom stereocenters. The van der Waals surface area contributed by atoms with Gasteiger partial charge in [-0.25, -0.2) is 0 Å². The number of rotatable bonds is 0. The van der Waals surface area contributed by atoms with Crippen molar-refractivity contribution in [1.29, 1.82) is 0 Å². The predicted molar refractivity (Wildman–Crippen MR) is 53.2 cm³/mol. The van der Waals surface area contributed by atoms with Crippen molar-refractivity contribution >= 4 is 0 Å². The molecule has 0 unspecified atom stereocenters. The lowest BCUT2D eigenvalue weighted by Crippen LogP contribution is -1.99. The number of aromatic amines is 1. The van der Waals surface area contributed by atoms with E-state index < -0.39 is 0 Å². The molecule has 1 N–H and O–H groups in total. The van der Waals surface area contributed by atoms with Gasteiger partial charge in [-0.15, -0.1) is 0 Å². The number of fused-ring (bicyclic) bond motifs is 3. The fourth-order valence-corrected chi connectivity index (χ4v) is 1.81. The predicted octanol–water partition coefficient (Wildman–Crippen LogP) is 2.01. The van der Waals surface area contributed by atoms with Crippen LogP contribution in [0, 0.1) is 0 Å². The van der Waals surface area contributed by atoms with Crippen LogP contribution in [0.2, 0.25) is 0 Å². The SMILES string of the molecule is c1ccc2c(c1)OCCc1[nH]ncc1-2. The minimum absolute atomic E-state index is 0.714. The van der Waals surface area contributed by atoms with Gasteiger partial charge >= 0.3 is 0 Å². The summed E-state index contributed by atoms with van der Waals surface area (Å²) in [5.74, 6) is 0.952. The van der Waals surface area contributed by atoms with E-state index in [-0.39, 0.29) is 0 Å². The van der Waals surface area contributed by atoms with Crippen LogP contribution in [-0.4, -0.2) is 16.8 Å². The highest BCUT2D eigenvalue weighted by atomic mass is 16.5. The number of hydrogen-bond donors (Lipinski definition) is 1. The molecule has 0 radical (unpaired) electrons. The fourth-order valence-electron chi connectivity index (χ4n) is 1.81. The van der Waals surface area contributed by atoms with Gasteiger partial charge in [0.05, 0.1) is 12.8 Å². The highest BCUT2D eigenvalue weighted by Crippen LogP contribution is 2.33. The molecule has 1 aromatic carbocycles. The van der Waals surface area contributed by atoms with E-state index in [9.17, 15) is 0 Å². The van der Waals surface area contributed by atoms with Gasteiger partial charge in [0.2, 0.25) is 0 Å². The molecule has 2 heterocycles. The molecule has 1 aromatic heterocycles. The third-order valence-corrected chi connectivity index (χ3v) is 2.51. The molecule has 1 aliphatic heterocycles. The van der Waals surface area contributed by atoms with E-state index >= 15 is 0 Å². The van der Waals surface area contributed by atoms with Gasteiger partial charge in [0.25, 0.3) is 0 Å². The van der Waals surface area contributed by atoms with Crippen molar-refractivity contribution in [1.82, 2.24) is 10.2 Å². The maximum Gasteiger partial charge on any atom is 0.127 e. The second-order valence-corrected chi connectivity index (χ2v) is 3.36. The van der Waals surface area contributed by atoms with E-state index in [2.05, 4.69) is 16.3 Å². The molecule has 3 nitrogen and oxygen atoms in total. The second-order valence-electron chi connectivity index (χ2n) is 3.36. The van der Waals surface area contributed by atoms with Gasteiger partial charge in [0.15, 0.2) is 0 Å². The normalized spacial score (nSPS) is 13.7. The van der Waals surface area contributed by atoms with Crippen LogP contribution in [0.5, 0.6) is 5.75 Å². The molecule has 0 aliphatic carbocycles. The van der Waals surface area contributed by atoms with Crippen molar-refractivity contribution in [3.8, 4) is 16.9 Å². The Bertz CT molecular complexity index is 462. The first-order chi connectivity index (χ1) is 6.95. The van der Waals surface area contributed by atoms with E-state index in [1.54, 1.807) is 0 Å². The third-order valence-electron chi connectivity index (χ3n) is 2.51. The quantitative estimate of drug-likeness (QED) is 0.683. The van der Waals surface area contributed by atoms with E-state index in [0.717, 1.165) is 29.0 Å². The molecule has 3 rings (SSSR count). The van der Waals surface area contributed by atoms with Crippen molar-refractivity contribution in [3.63, 3.8) is 0 Å². The summed E-state index contributed by atoms with van der Waals surface area (Å²) < 4.78 is 5.64. The van der Waals surface area contributed by atoms with Crippen molar-refractivity contribution in [2.45, 2.75) is 6.42 Å². The lowest BCUT2D eigenvalue weighted by Gasteiger charge is -2.05. The first kappa shape index (κ1) is 7.62. The largest absolute Gasteiger partial charge is 0.493 e. The first-order valence-electron chi connectivity index (χ1n) is 4.69. The van der Waals surface area contributed by atoms with Crippen LogP contribution in [-0.2, 0) is 6.42 Å². The molecular weight excluding hydrogens is 176 g/mol. The smallest absolute Gasteiger partial charge is 0.127 e. The Morgan fingerprint density at radius 3 is 3.14 bits per heavy atom. The molecule has 0 saturated heterocycles. The highest BCUT2D eigenvalue weighted by Gasteiger charge is 2.15. The van der Waals surface area contributed by atoms with Gasteiger partial charge in [-0.2, -0.15) is 5.10 Å². The molecule has 1 aliphatic rings. The van der Waals surface area contributed by atoms with Gasteiger partial charge in [-0.05, 0) is 6.07 Å². The lowest BCUT2D eigenvalue weighted by atomic mass is 10.1. The minimum Gasteiger partial charge on any atom is -0.493 e. The van der Waals surface area contributed by atoms with Crippen LogP contribution in [0.25, 0.3) is 11.1 Å². The standard InChI is InChI=1S/C11H10N2O/c1-2-4-11-8(3-1)9-7-12-13-10(9)5-6-14-11/h1-4,7H,5-6H2,(H,12,13).